The van der Waals surface area contributed by atoms with Crippen LogP contribution in [0.2, 0.25) is 0 Å². The lowest BCUT2D eigenvalue weighted by atomic mass is 9.81. The standard InChI is InChI=1S/C24H33NO3/c1-8-9-10-15-24(7)17(2)16-25(22(24)27)20-13-11-19(12-14-20)18(3)21(26)28-23(4,5)6/h9-14,18H,2,8,15-16H2,1,3-7H3/b10-9-. The average Bonchev–Trinajstić information content (AvgIpc) is 2.84. The van der Waals surface area contributed by atoms with Gasteiger partial charge in [-0.25, -0.2) is 0 Å². The summed E-state index contributed by atoms with van der Waals surface area (Å²) in [5.41, 5.74) is 1.56. The van der Waals surface area contributed by atoms with Gasteiger partial charge in [-0.15, -0.1) is 0 Å². The molecule has 0 saturated carbocycles. The van der Waals surface area contributed by atoms with Crippen LogP contribution in [0.3, 0.4) is 0 Å². The molecule has 0 spiro atoms. The van der Waals surface area contributed by atoms with Crippen LogP contribution < -0.4 is 4.90 Å². The molecule has 2 unspecified atom stereocenters. The summed E-state index contributed by atoms with van der Waals surface area (Å²) >= 11 is 0. The zero-order chi connectivity index (χ0) is 21.1. The third-order valence-electron chi connectivity index (χ3n) is 5.24. The fourth-order valence-electron chi connectivity index (χ4n) is 3.28. The highest BCUT2D eigenvalue weighted by Gasteiger charge is 2.45. The van der Waals surface area contributed by atoms with Crippen LogP contribution in [0.1, 0.15) is 65.9 Å². The quantitative estimate of drug-likeness (QED) is 0.488. The van der Waals surface area contributed by atoms with E-state index in [9.17, 15) is 9.59 Å². The highest BCUT2D eigenvalue weighted by Crippen LogP contribution is 2.41. The van der Waals surface area contributed by atoms with Crippen molar-refractivity contribution in [1.29, 1.82) is 0 Å². The van der Waals surface area contributed by atoms with Crippen molar-refractivity contribution < 1.29 is 14.3 Å². The Hall–Kier alpha value is -2.36. The summed E-state index contributed by atoms with van der Waals surface area (Å²) in [4.78, 5) is 27.2. The van der Waals surface area contributed by atoms with Crippen molar-refractivity contribution in [2.24, 2.45) is 5.41 Å². The van der Waals surface area contributed by atoms with Crippen molar-refractivity contribution in [2.45, 2.75) is 65.9 Å². The Bertz CT molecular complexity index is 770. The fraction of sp³-hybridized carbons (Fsp3) is 0.500. The number of ether oxygens (including phenoxy) is 1. The summed E-state index contributed by atoms with van der Waals surface area (Å²) in [7, 11) is 0. The highest BCUT2D eigenvalue weighted by atomic mass is 16.6. The normalized spacial score (nSPS) is 21.4. The smallest absolute Gasteiger partial charge is 0.313 e. The number of benzene rings is 1. The van der Waals surface area contributed by atoms with Gasteiger partial charge in [0.15, 0.2) is 0 Å². The molecule has 0 aromatic heterocycles. The number of rotatable bonds is 6. The van der Waals surface area contributed by atoms with Crippen molar-refractivity contribution in [3.05, 3.63) is 54.1 Å². The SMILES string of the molecule is C=C1CN(c2ccc(C(C)C(=O)OC(C)(C)C)cc2)C(=O)C1(C)C/C=C\CC. The van der Waals surface area contributed by atoms with Gasteiger partial charge in [-0.05, 0) is 70.7 Å². The molecule has 0 aliphatic carbocycles. The van der Waals surface area contributed by atoms with Gasteiger partial charge in [-0.3, -0.25) is 9.59 Å². The monoisotopic (exact) mass is 383 g/mol. The number of hydrogen-bond donors (Lipinski definition) is 0. The molecular weight excluding hydrogens is 350 g/mol. The Morgan fingerprint density at radius 3 is 2.43 bits per heavy atom. The maximum absolute atomic E-state index is 13.1. The second-order valence-corrected chi connectivity index (χ2v) is 8.76. The third kappa shape index (κ3) is 4.73. The van der Waals surface area contributed by atoms with Crippen molar-refractivity contribution in [3.8, 4) is 0 Å². The number of esters is 1. The molecule has 0 radical (unpaired) electrons. The van der Waals surface area contributed by atoms with Gasteiger partial charge in [-0.2, -0.15) is 0 Å². The molecule has 4 nitrogen and oxygen atoms in total. The van der Waals surface area contributed by atoms with Gasteiger partial charge in [0.05, 0.1) is 11.3 Å². The molecule has 1 saturated heterocycles. The second-order valence-electron chi connectivity index (χ2n) is 8.76. The molecule has 1 aromatic rings. The number of hydrogen-bond acceptors (Lipinski definition) is 3. The van der Waals surface area contributed by atoms with Gasteiger partial charge in [-0.1, -0.05) is 37.8 Å². The Morgan fingerprint density at radius 1 is 1.29 bits per heavy atom. The maximum atomic E-state index is 13.1. The molecule has 1 amide bonds. The number of allylic oxidation sites excluding steroid dienone is 2. The number of carbonyl (C=O) groups is 2. The van der Waals surface area contributed by atoms with Crippen LogP contribution >= 0.6 is 0 Å². The van der Waals surface area contributed by atoms with Crippen LogP contribution in [-0.2, 0) is 14.3 Å². The molecular formula is C24H33NO3. The Morgan fingerprint density at radius 2 is 1.89 bits per heavy atom. The zero-order valence-corrected chi connectivity index (χ0v) is 18.0. The third-order valence-corrected chi connectivity index (χ3v) is 5.24. The summed E-state index contributed by atoms with van der Waals surface area (Å²) < 4.78 is 5.47. The molecule has 152 valence electrons. The van der Waals surface area contributed by atoms with Crippen LogP contribution in [0, 0.1) is 5.41 Å². The van der Waals surface area contributed by atoms with Crippen molar-refractivity contribution in [2.75, 3.05) is 11.4 Å². The Kier molecular flexibility index (Phi) is 6.53. The van der Waals surface area contributed by atoms with Crippen LogP contribution in [0.5, 0.6) is 0 Å². The second kappa shape index (κ2) is 8.34. The lowest BCUT2D eigenvalue weighted by Crippen LogP contribution is -2.32. The molecule has 4 heteroatoms. The number of anilines is 1. The summed E-state index contributed by atoms with van der Waals surface area (Å²) in [6, 6.07) is 7.59. The van der Waals surface area contributed by atoms with Crippen molar-refractivity contribution in [1.82, 2.24) is 0 Å². The highest BCUT2D eigenvalue weighted by molar-refractivity contribution is 6.03. The minimum Gasteiger partial charge on any atom is -0.460 e. The van der Waals surface area contributed by atoms with Crippen molar-refractivity contribution >= 4 is 17.6 Å². The Labute approximate surface area is 169 Å². The molecule has 1 aliphatic heterocycles. The average molecular weight is 384 g/mol. The minimum absolute atomic E-state index is 0.0752. The summed E-state index contributed by atoms with van der Waals surface area (Å²) in [5, 5.41) is 0. The van der Waals surface area contributed by atoms with Crippen LogP contribution in [0.25, 0.3) is 0 Å². The van der Waals surface area contributed by atoms with Gasteiger partial charge in [0.25, 0.3) is 0 Å². The van der Waals surface area contributed by atoms with Crippen LogP contribution in [0.4, 0.5) is 5.69 Å². The molecule has 1 heterocycles. The molecule has 0 N–H and O–H groups in total. The first-order chi connectivity index (χ1) is 13.0. The van der Waals surface area contributed by atoms with E-state index in [1.54, 1.807) is 4.90 Å². The fourth-order valence-corrected chi connectivity index (χ4v) is 3.28. The summed E-state index contributed by atoms with van der Waals surface area (Å²) in [5.74, 6) is -0.533. The van der Waals surface area contributed by atoms with E-state index in [0.29, 0.717) is 13.0 Å². The first kappa shape index (κ1) is 21.9. The first-order valence-corrected chi connectivity index (χ1v) is 9.97. The summed E-state index contributed by atoms with van der Waals surface area (Å²) in [6.45, 7) is 16.1. The van der Waals surface area contributed by atoms with Gasteiger partial charge in [0.2, 0.25) is 5.91 Å². The van der Waals surface area contributed by atoms with Gasteiger partial charge in [0, 0.05) is 12.2 Å². The number of carbonyl (C=O) groups excluding carboxylic acids is 2. The topological polar surface area (TPSA) is 46.6 Å². The van der Waals surface area contributed by atoms with Crippen molar-refractivity contribution in [3.63, 3.8) is 0 Å². The van der Waals surface area contributed by atoms with Gasteiger partial charge < -0.3 is 9.64 Å². The first-order valence-electron chi connectivity index (χ1n) is 9.97. The van der Waals surface area contributed by atoms with E-state index in [4.69, 9.17) is 4.74 Å². The predicted octanol–water partition coefficient (Wildman–Crippen LogP) is 5.40. The lowest BCUT2D eigenvalue weighted by Gasteiger charge is -2.24. The lowest BCUT2D eigenvalue weighted by molar-refractivity contribution is -0.156. The summed E-state index contributed by atoms with van der Waals surface area (Å²) in [6.07, 6.45) is 5.78. The molecule has 1 aromatic carbocycles. The number of amides is 1. The largest absolute Gasteiger partial charge is 0.460 e. The maximum Gasteiger partial charge on any atom is 0.313 e. The Balaban J connectivity index is 2.15. The number of nitrogens with zero attached hydrogens (tertiary/aromatic N) is 1. The van der Waals surface area contributed by atoms with E-state index in [1.165, 1.54) is 0 Å². The van der Waals surface area contributed by atoms with E-state index >= 15 is 0 Å². The van der Waals surface area contributed by atoms with E-state index in [0.717, 1.165) is 23.2 Å². The minimum atomic E-state index is -0.561. The molecule has 2 rings (SSSR count). The molecule has 28 heavy (non-hydrogen) atoms. The molecule has 0 bridgehead atoms. The van der Waals surface area contributed by atoms with E-state index in [2.05, 4.69) is 25.7 Å². The molecule has 1 aliphatic rings. The zero-order valence-electron chi connectivity index (χ0n) is 18.0. The van der Waals surface area contributed by atoms with E-state index < -0.39 is 11.0 Å². The molecule has 2 atom stereocenters. The van der Waals surface area contributed by atoms with Gasteiger partial charge >= 0.3 is 5.97 Å². The van der Waals surface area contributed by atoms with Gasteiger partial charge in [0.1, 0.15) is 5.60 Å². The van der Waals surface area contributed by atoms with Crippen LogP contribution in [0.15, 0.2) is 48.6 Å². The van der Waals surface area contributed by atoms with Crippen LogP contribution in [-0.4, -0.2) is 24.0 Å². The van der Waals surface area contributed by atoms with E-state index in [-0.39, 0.29) is 17.8 Å². The predicted molar refractivity (Wildman–Crippen MR) is 114 cm³/mol. The van der Waals surface area contributed by atoms with E-state index in [1.807, 2.05) is 58.9 Å². The molecule has 1 fully saturated rings.